The highest BCUT2D eigenvalue weighted by atomic mass is 19.4. The van der Waals surface area contributed by atoms with Crippen LogP contribution in [0.1, 0.15) is 18.9 Å². The number of nitrogens with one attached hydrogen (secondary N) is 2. The molecule has 2 N–H and O–H groups in total. The van der Waals surface area contributed by atoms with Crippen molar-refractivity contribution in [3.8, 4) is 5.88 Å². The topological polar surface area (TPSA) is 93.2 Å². The van der Waals surface area contributed by atoms with Gasteiger partial charge in [-0.2, -0.15) is 18.2 Å². The number of hydrogen-bond donors (Lipinski definition) is 2. The zero-order chi connectivity index (χ0) is 25.2. The van der Waals surface area contributed by atoms with Crippen LogP contribution in [0.3, 0.4) is 0 Å². The zero-order valence-electron chi connectivity index (χ0n) is 18.2. The molecule has 11 heteroatoms. The Morgan fingerprint density at radius 1 is 1.11 bits per heavy atom. The lowest BCUT2D eigenvalue weighted by atomic mass is 9.82. The van der Waals surface area contributed by atoms with E-state index in [1.165, 1.54) is 19.2 Å². The number of carbonyl (C=O) groups is 2. The van der Waals surface area contributed by atoms with Gasteiger partial charge < -0.3 is 10.1 Å². The summed E-state index contributed by atoms with van der Waals surface area (Å²) in [6.45, 7) is 1.33. The van der Waals surface area contributed by atoms with E-state index >= 15 is 0 Å². The third-order valence-corrected chi connectivity index (χ3v) is 5.11. The van der Waals surface area contributed by atoms with Gasteiger partial charge in [0.25, 0.3) is 5.91 Å². The minimum absolute atomic E-state index is 0.0940. The Hall–Kier alpha value is -4.28. The highest BCUT2D eigenvalue weighted by molar-refractivity contribution is 6.07. The fourth-order valence-corrected chi connectivity index (χ4v) is 3.60. The minimum Gasteiger partial charge on any atom is -0.443 e. The SMILES string of the molecule is CC(=O)Nc1nccc(OC2=CC=C3C(C(=O)Nc4ccc(F)c(C(F)(F)F)c4)=CC=CC3C2)n1. The number of hydrogen-bond acceptors (Lipinski definition) is 5. The molecule has 35 heavy (non-hydrogen) atoms. The van der Waals surface area contributed by atoms with Gasteiger partial charge in [0.1, 0.15) is 11.6 Å². The molecule has 0 radical (unpaired) electrons. The number of fused-ring (bicyclic) bond motifs is 1. The summed E-state index contributed by atoms with van der Waals surface area (Å²) in [6.07, 6.45) is 5.36. The van der Waals surface area contributed by atoms with Gasteiger partial charge in [0.15, 0.2) is 0 Å². The molecule has 2 amide bonds. The van der Waals surface area contributed by atoms with E-state index in [2.05, 4.69) is 20.6 Å². The number of aromatic nitrogens is 2. The van der Waals surface area contributed by atoms with Crippen molar-refractivity contribution >= 4 is 23.5 Å². The molecule has 4 rings (SSSR count). The minimum atomic E-state index is -4.89. The van der Waals surface area contributed by atoms with Crippen LogP contribution in [0.4, 0.5) is 29.2 Å². The Morgan fingerprint density at radius 3 is 2.66 bits per heavy atom. The number of benzene rings is 1. The van der Waals surface area contributed by atoms with Gasteiger partial charge in [-0.15, -0.1) is 0 Å². The zero-order valence-corrected chi connectivity index (χ0v) is 18.2. The lowest BCUT2D eigenvalue weighted by molar-refractivity contribution is -0.140. The van der Waals surface area contributed by atoms with E-state index in [0.29, 0.717) is 29.9 Å². The summed E-state index contributed by atoms with van der Waals surface area (Å²) < 4.78 is 58.3. The third kappa shape index (κ3) is 5.62. The number of anilines is 2. The Bertz CT molecular complexity index is 1310. The molecule has 2 aromatic rings. The fourth-order valence-electron chi connectivity index (χ4n) is 3.60. The van der Waals surface area contributed by atoms with Crippen molar-refractivity contribution in [2.24, 2.45) is 5.92 Å². The third-order valence-electron chi connectivity index (χ3n) is 5.11. The molecule has 0 aliphatic heterocycles. The largest absolute Gasteiger partial charge is 0.443 e. The van der Waals surface area contributed by atoms with Gasteiger partial charge in [-0.25, -0.2) is 9.37 Å². The Morgan fingerprint density at radius 2 is 1.91 bits per heavy atom. The van der Waals surface area contributed by atoms with Crippen LogP contribution < -0.4 is 15.4 Å². The standard InChI is InChI=1S/C24H18F4N4O3/c1-13(33)30-23-29-10-9-21(32-23)35-16-6-7-17-14(11-16)3-2-4-18(17)22(34)31-15-5-8-20(25)19(12-15)24(26,27)28/h2-10,12,14H,11H2,1H3,(H,31,34)(H,29,30,32,33). The fraction of sp³-hybridized carbons (Fsp3) is 0.167. The second-order valence-corrected chi connectivity index (χ2v) is 7.68. The van der Waals surface area contributed by atoms with E-state index < -0.39 is 23.5 Å². The van der Waals surface area contributed by atoms with Crippen molar-refractivity contribution in [1.29, 1.82) is 0 Å². The number of amides is 2. The highest BCUT2D eigenvalue weighted by Crippen LogP contribution is 2.36. The second kappa shape index (κ2) is 9.53. The molecule has 1 atom stereocenters. The van der Waals surface area contributed by atoms with E-state index in [-0.39, 0.29) is 34.9 Å². The molecule has 0 fully saturated rings. The first kappa shape index (κ1) is 23.9. The predicted molar refractivity (Wildman–Crippen MR) is 118 cm³/mol. The molecule has 1 unspecified atom stereocenters. The summed E-state index contributed by atoms with van der Waals surface area (Å²) in [5.41, 5.74) is -0.720. The molecule has 0 saturated carbocycles. The van der Waals surface area contributed by atoms with E-state index in [0.717, 1.165) is 6.07 Å². The molecule has 0 spiro atoms. The number of nitrogens with zero attached hydrogens (tertiary/aromatic N) is 2. The summed E-state index contributed by atoms with van der Waals surface area (Å²) >= 11 is 0. The van der Waals surface area contributed by atoms with Gasteiger partial charge in [-0.1, -0.05) is 18.2 Å². The maximum absolute atomic E-state index is 13.5. The van der Waals surface area contributed by atoms with Crippen molar-refractivity contribution in [3.63, 3.8) is 0 Å². The molecule has 0 saturated heterocycles. The number of carbonyl (C=O) groups excluding carboxylic acids is 2. The Labute approximate surface area is 196 Å². The number of ether oxygens (including phenoxy) is 1. The summed E-state index contributed by atoms with van der Waals surface area (Å²) in [5, 5.41) is 4.87. The van der Waals surface area contributed by atoms with Crippen LogP contribution in [0.25, 0.3) is 0 Å². The summed E-state index contributed by atoms with van der Waals surface area (Å²) in [7, 11) is 0. The number of allylic oxidation sites excluding steroid dienone is 6. The molecule has 2 aliphatic carbocycles. The van der Waals surface area contributed by atoms with Gasteiger partial charge in [-0.05, 0) is 35.9 Å². The van der Waals surface area contributed by atoms with Crippen LogP contribution in [0.15, 0.2) is 77.7 Å². The van der Waals surface area contributed by atoms with E-state index in [1.807, 2.05) is 6.08 Å². The van der Waals surface area contributed by atoms with Crippen molar-refractivity contribution in [2.75, 3.05) is 10.6 Å². The van der Waals surface area contributed by atoms with Crippen LogP contribution in [-0.4, -0.2) is 21.8 Å². The smallest absolute Gasteiger partial charge is 0.419 e. The quantitative estimate of drug-likeness (QED) is 0.585. The maximum atomic E-state index is 13.5. The lowest BCUT2D eigenvalue weighted by Gasteiger charge is -2.26. The van der Waals surface area contributed by atoms with Gasteiger partial charge in [0, 0.05) is 42.8 Å². The van der Waals surface area contributed by atoms with Crippen LogP contribution in [0.2, 0.25) is 0 Å². The van der Waals surface area contributed by atoms with Gasteiger partial charge >= 0.3 is 6.18 Å². The Kier molecular flexibility index (Phi) is 6.50. The number of alkyl halides is 3. The molecule has 180 valence electrons. The Balaban J connectivity index is 1.50. The monoisotopic (exact) mass is 486 g/mol. The van der Waals surface area contributed by atoms with Crippen molar-refractivity contribution in [1.82, 2.24) is 9.97 Å². The van der Waals surface area contributed by atoms with E-state index in [9.17, 15) is 27.2 Å². The van der Waals surface area contributed by atoms with E-state index in [1.54, 1.807) is 24.3 Å². The average molecular weight is 486 g/mol. The van der Waals surface area contributed by atoms with Crippen molar-refractivity contribution in [2.45, 2.75) is 19.5 Å². The molecule has 7 nitrogen and oxygen atoms in total. The summed E-state index contributed by atoms with van der Waals surface area (Å²) in [5.74, 6) is -1.74. The maximum Gasteiger partial charge on any atom is 0.419 e. The summed E-state index contributed by atoms with van der Waals surface area (Å²) in [6, 6.07) is 3.81. The molecule has 1 heterocycles. The molecule has 1 aromatic heterocycles. The highest BCUT2D eigenvalue weighted by Gasteiger charge is 2.34. The van der Waals surface area contributed by atoms with E-state index in [4.69, 9.17) is 4.74 Å². The van der Waals surface area contributed by atoms with Gasteiger partial charge in [0.05, 0.1) is 5.56 Å². The second-order valence-electron chi connectivity index (χ2n) is 7.68. The first-order chi connectivity index (χ1) is 16.6. The van der Waals surface area contributed by atoms with Crippen molar-refractivity contribution < 1.29 is 31.9 Å². The van der Waals surface area contributed by atoms with Gasteiger partial charge in [0.2, 0.25) is 17.7 Å². The first-order valence-electron chi connectivity index (χ1n) is 10.4. The van der Waals surface area contributed by atoms with Crippen LogP contribution >= 0.6 is 0 Å². The van der Waals surface area contributed by atoms with Crippen LogP contribution in [0.5, 0.6) is 5.88 Å². The number of halogens is 4. The lowest BCUT2D eigenvalue weighted by Crippen LogP contribution is -2.22. The van der Waals surface area contributed by atoms with Crippen molar-refractivity contribution in [3.05, 3.63) is 89.1 Å². The summed E-state index contributed by atoms with van der Waals surface area (Å²) in [4.78, 5) is 32.0. The number of rotatable bonds is 5. The molecular weight excluding hydrogens is 468 g/mol. The first-order valence-corrected chi connectivity index (χ1v) is 10.4. The molecule has 0 bridgehead atoms. The average Bonchev–Trinajstić information content (AvgIpc) is 2.79. The van der Waals surface area contributed by atoms with Crippen LogP contribution in [-0.2, 0) is 15.8 Å². The van der Waals surface area contributed by atoms with Crippen LogP contribution in [0, 0.1) is 11.7 Å². The predicted octanol–water partition coefficient (Wildman–Crippen LogP) is 4.94. The van der Waals surface area contributed by atoms with Gasteiger partial charge in [-0.3, -0.25) is 14.9 Å². The normalized spacial score (nSPS) is 16.9. The molecule has 1 aromatic carbocycles. The molecular formula is C24H18F4N4O3. The molecule has 2 aliphatic rings.